The van der Waals surface area contributed by atoms with Crippen molar-refractivity contribution in [2.75, 3.05) is 0 Å². The van der Waals surface area contributed by atoms with Crippen LogP contribution < -0.4 is 0 Å². The molecule has 0 fully saturated rings. The van der Waals surface area contributed by atoms with E-state index in [1.165, 1.54) is 9.13 Å². The smallest absolute Gasteiger partial charge is 0.309 e. The highest BCUT2D eigenvalue weighted by molar-refractivity contribution is 6.11. The Bertz CT molecular complexity index is 2650. The van der Waals surface area contributed by atoms with Crippen molar-refractivity contribution in [2.24, 2.45) is 0 Å². The molecule has 10 heteroatoms. The zero-order valence-electron chi connectivity index (χ0n) is 25.7. The fourth-order valence-electron chi connectivity index (χ4n) is 6.98. The Labute approximate surface area is 273 Å². The number of aryl methyl sites for hydroxylation is 2. The average molecular weight is 671 g/mol. The average Bonchev–Trinajstić information content (AvgIpc) is 3.57. The monoisotopic (exact) mass is 670 g/mol. The summed E-state index contributed by atoms with van der Waals surface area (Å²) in [5.41, 5.74) is -2.07. The first kappa shape index (κ1) is 30.7. The first-order valence-corrected chi connectivity index (χ1v) is 15.1. The van der Waals surface area contributed by atoms with Gasteiger partial charge >= 0.3 is 6.18 Å². The van der Waals surface area contributed by atoms with Crippen molar-refractivity contribution in [1.82, 2.24) is 9.13 Å². The zero-order chi connectivity index (χ0) is 34.5. The molecular weight excluding hydrogens is 648 g/mol. The number of fused-ring (bicyclic) bond motifs is 6. The molecular formula is C39H22F8N2. The molecule has 0 aliphatic carbocycles. The second-order valence-corrected chi connectivity index (χ2v) is 12.0. The topological polar surface area (TPSA) is 9.86 Å². The number of benzene rings is 6. The number of halogens is 8. The van der Waals surface area contributed by atoms with Crippen molar-refractivity contribution in [3.8, 4) is 22.5 Å². The quantitative estimate of drug-likeness (QED) is 0.101. The van der Waals surface area contributed by atoms with Crippen molar-refractivity contribution >= 4 is 43.6 Å². The molecule has 0 unspecified atom stereocenters. The number of hydrogen-bond acceptors (Lipinski definition) is 0. The summed E-state index contributed by atoms with van der Waals surface area (Å²) in [6.07, 6.45) is -5.21. The minimum absolute atomic E-state index is 0.230. The third-order valence-corrected chi connectivity index (χ3v) is 9.04. The summed E-state index contributed by atoms with van der Waals surface area (Å²) >= 11 is 0. The first-order valence-electron chi connectivity index (χ1n) is 15.1. The number of para-hydroxylation sites is 2. The Morgan fingerprint density at radius 1 is 0.469 bits per heavy atom. The summed E-state index contributed by atoms with van der Waals surface area (Å²) in [7, 11) is 0. The second-order valence-electron chi connectivity index (χ2n) is 12.0. The highest BCUT2D eigenvalue weighted by Crippen LogP contribution is 2.48. The summed E-state index contributed by atoms with van der Waals surface area (Å²) in [5, 5.41) is 2.36. The number of nitrogens with zero attached hydrogens (tertiary/aromatic N) is 2. The van der Waals surface area contributed by atoms with E-state index in [0.717, 1.165) is 17.7 Å². The van der Waals surface area contributed by atoms with Gasteiger partial charge in [-0.3, -0.25) is 0 Å². The maximum Gasteiger partial charge on any atom is 0.420 e. The Hall–Kier alpha value is -5.64. The molecule has 49 heavy (non-hydrogen) atoms. The van der Waals surface area contributed by atoms with Crippen LogP contribution in [0.3, 0.4) is 0 Å². The minimum Gasteiger partial charge on any atom is -0.309 e. The van der Waals surface area contributed by atoms with E-state index in [1.807, 2.05) is 6.07 Å². The Kier molecular flexibility index (Phi) is 6.69. The molecule has 2 aromatic heterocycles. The summed E-state index contributed by atoms with van der Waals surface area (Å²) < 4.78 is 126. The van der Waals surface area contributed by atoms with Gasteiger partial charge in [0.05, 0.1) is 39.0 Å². The standard InChI is InChI=1S/C39H22F8N2/c1-19-11-13-23-21-7-3-5-9-26(21)48(29(23)17-19)28-16-15-25(31-33(40)35(42)37(44)36(43)34(31)41)38(32(28)39(45,46)47)49-27-10-6-4-8-22(27)24-14-12-20(2)18-30(24)49/h3-18H,1-2H3. The van der Waals surface area contributed by atoms with Gasteiger partial charge in [-0.2, -0.15) is 13.2 Å². The molecule has 0 radical (unpaired) electrons. The lowest BCUT2D eigenvalue weighted by Crippen LogP contribution is -2.17. The number of rotatable bonds is 3. The van der Waals surface area contributed by atoms with Gasteiger partial charge in [0.2, 0.25) is 5.82 Å². The molecule has 0 bridgehead atoms. The molecule has 2 heterocycles. The molecule has 0 N–H and O–H groups in total. The van der Waals surface area contributed by atoms with Crippen molar-refractivity contribution in [1.29, 1.82) is 0 Å². The van der Waals surface area contributed by atoms with Crippen molar-refractivity contribution in [3.05, 3.63) is 143 Å². The lowest BCUT2D eigenvalue weighted by atomic mass is 9.95. The van der Waals surface area contributed by atoms with Crippen LogP contribution in [0.4, 0.5) is 35.1 Å². The highest BCUT2D eigenvalue weighted by atomic mass is 19.4. The maximum absolute atomic E-state index is 15.9. The molecule has 0 spiro atoms. The highest BCUT2D eigenvalue weighted by Gasteiger charge is 2.41. The van der Waals surface area contributed by atoms with Gasteiger partial charge in [-0.25, -0.2) is 22.0 Å². The SMILES string of the molecule is Cc1ccc2c3ccccc3n(-c3ccc(-c4c(F)c(F)c(F)c(F)c4F)c(-n4c5ccccc5c5ccc(C)cc54)c3C(F)(F)F)c2c1. The molecule has 0 saturated heterocycles. The van der Waals surface area contributed by atoms with Crippen molar-refractivity contribution in [2.45, 2.75) is 20.0 Å². The first-order chi connectivity index (χ1) is 23.4. The lowest BCUT2D eigenvalue weighted by molar-refractivity contribution is -0.137. The maximum atomic E-state index is 15.9. The van der Waals surface area contributed by atoms with Crippen LogP contribution >= 0.6 is 0 Å². The van der Waals surface area contributed by atoms with Crippen LogP contribution in [0.15, 0.2) is 97.1 Å². The zero-order valence-corrected chi connectivity index (χ0v) is 25.7. The van der Waals surface area contributed by atoms with Gasteiger partial charge in [-0.1, -0.05) is 60.7 Å². The van der Waals surface area contributed by atoms with Crippen LogP contribution in [0.5, 0.6) is 0 Å². The Morgan fingerprint density at radius 3 is 1.45 bits per heavy atom. The van der Waals surface area contributed by atoms with Gasteiger partial charge in [0, 0.05) is 27.1 Å². The van der Waals surface area contributed by atoms with Crippen LogP contribution in [-0.2, 0) is 6.18 Å². The molecule has 2 nitrogen and oxygen atoms in total. The summed E-state index contributed by atoms with van der Waals surface area (Å²) in [4.78, 5) is 0. The van der Waals surface area contributed by atoms with Crippen LogP contribution in [0, 0.1) is 42.9 Å². The molecule has 0 aliphatic heterocycles. The summed E-state index contributed by atoms with van der Waals surface area (Å²) in [6.45, 7) is 3.53. The van der Waals surface area contributed by atoms with Gasteiger partial charge in [-0.05, 0) is 61.4 Å². The normalized spacial score (nSPS) is 12.3. The van der Waals surface area contributed by atoms with E-state index in [9.17, 15) is 13.2 Å². The number of aromatic nitrogens is 2. The second kappa shape index (κ2) is 10.7. The van der Waals surface area contributed by atoms with E-state index in [1.54, 1.807) is 92.7 Å². The largest absolute Gasteiger partial charge is 0.420 e. The Balaban J connectivity index is 1.66. The predicted molar refractivity (Wildman–Crippen MR) is 175 cm³/mol. The lowest BCUT2D eigenvalue weighted by Gasteiger charge is -2.25. The van der Waals surface area contributed by atoms with Gasteiger partial charge in [0.1, 0.15) is 5.56 Å². The summed E-state index contributed by atoms with van der Waals surface area (Å²) in [5.74, 6) is -11.5. The van der Waals surface area contributed by atoms with Crippen molar-refractivity contribution in [3.63, 3.8) is 0 Å². The molecule has 6 aromatic carbocycles. The molecule has 8 aromatic rings. The van der Waals surface area contributed by atoms with E-state index in [-0.39, 0.29) is 11.0 Å². The third kappa shape index (κ3) is 4.39. The molecule has 0 amide bonds. The fraction of sp³-hybridized carbons (Fsp3) is 0.0769. The van der Waals surface area contributed by atoms with Crippen LogP contribution in [0.2, 0.25) is 0 Å². The minimum atomic E-state index is -5.21. The molecule has 0 saturated carbocycles. The molecule has 8 rings (SSSR count). The van der Waals surface area contributed by atoms with E-state index >= 15 is 22.0 Å². The summed E-state index contributed by atoms with van der Waals surface area (Å²) in [6, 6.07) is 25.9. The van der Waals surface area contributed by atoms with E-state index in [4.69, 9.17) is 0 Å². The van der Waals surface area contributed by atoms with Crippen LogP contribution in [-0.4, -0.2) is 9.13 Å². The third-order valence-electron chi connectivity index (χ3n) is 9.04. The number of alkyl halides is 3. The Morgan fingerprint density at radius 2 is 0.918 bits per heavy atom. The van der Waals surface area contributed by atoms with Crippen LogP contribution in [0.1, 0.15) is 16.7 Å². The predicted octanol–water partition coefficient (Wildman–Crippen LogP) is 11.9. The van der Waals surface area contributed by atoms with E-state index in [0.29, 0.717) is 38.1 Å². The van der Waals surface area contributed by atoms with E-state index < -0.39 is 63.3 Å². The van der Waals surface area contributed by atoms with Gasteiger partial charge in [-0.15, -0.1) is 0 Å². The molecule has 0 aliphatic rings. The molecule has 0 atom stereocenters. The number of hydrogen-bond donors (Lipinski definition) is 0. The van der Waals surface area contributed by atoms with E-state index in [2.05, 4.69) is 0 Å². The molecule has 244 valence electrons. The van der Waals surface area contributed by atoms with Gasteiger partial charge in [0.25, 0.3) is 0 Å². The van der Waals surface area contributed by atoms with Gasteiger partial charge in [0.15, 0.2) is 23.3 Å². The van der Waals surface area contributed by atoms with Crippen molar-refractivity contribution < 1.29 is 35.1 Å². The fourth-order valence-corrected chi connectivity index (χ4v) is 6.98. The van der Waals surface area contributed by atoms with Crippen LogP contribution in [0.25, 0.3) is 66.1 Å². The van der Waals surface area contributed by atoms with Gasteiger partial charge < -0.3 is 9.13 Å².